The summed E-state index contributed by atoms with van der Waals surface area (Å²) in [7, 11) is 0. The molecule has 0 unspecified atom stereocenters. The van der Waals surface area contributed by atoms with Crippen LogP contribution in [0.5, 0.6) is 0 Å². The van der Waals surface area contributed by atoms with Crippen LogP contribution in [0.2, 0.25) is 0 Å². The van der Waals surface area contributed by atoms with E-state index < -0.39 is 0 Å². The first-order valence-corrected chi connectivity index (χ1v) is 4.34. The summed E-state index contributed by atoms with van der Waals surface area (Å²) in [5.74, 6) is 0.826. The number of aromatic nitrogens is 4. The Morgan fingerprint density at radius 2 is 2.36 bits per heavy atom. The van der Waals surface area contributed by atoms with Gasteiger partial charge in [0.25, 0.3) is 0 Å². The minimum absolute atomic E-state index is 0.691. The fourth-order valence-corrected chi connectivity index (χ4v) is 1.12. The van der Waals surface area contributed by atoms with Gasteiger partial charge >= 0.3 is 0 Å². The lowest BCUT2D eigenvalue weighted by molar-refractivity contribution is 1.03. The van der Waals surface area contributed by atoms with Crippen molar-refractivity contribution < 1.29 is 0 Å². The Bertz CT molecular complexity index is 395. The molecule has 5 nitrogen and oxygen atoms in total. The molecule has 0 bridgehead atoms. The van der Waals surface area contributed by atoms with E-state index in [9.17, 15) is 0 Å². The zero-order valence-corrected chi connectivity index (χ0v) is 7.86. The quantitative estimate of drug-likeness (QED) is 0.759. The summed E-state index contributed by atoms with van der Waals surface area (Å²) < 4.78 is 0. The molecule has 72 valence electrons. The molecule has 0 atom stereocenters. The van der Waals surface area contributed by atoms with Crippen LogP contribution in [0.25, 0.3) is 0 Å². The molecule has 2 aromatic heterocycles. The maximum atomic E-state index is 4.08. The Morgan fingerprint density at radius 1 is 1.43 bits per heavy atom. The van der Waals surface area contributed by atoms with Gasteiger partial charge in [-0.25, -0.2) is 15.0 Å². The molecule has 0 saturated heterocycles. The van der Waals surface area contributed by atoms with Crippen LogP contribution in [0.15, 0.2) is 24.9 Å². The summed E-state index contributed by atoms with van der Waals surface area (Å²) in [6.45, 7) is 2.62. The smallest absolute Gasteiger partial charge is 0.129 e. The summed E-state index contributed by atoms with van der Waals surface area (Å²) in [6.07, 6.45) is 4.98. The molecule has 0 aromatic carbocycles. The summed E-state index contributed by atoms with van der Waals surface area (Å²) in [4.78, 5) is 15.0. The number of anilines is 1. The van der Waals surface area contributed by atoms with E-state index in [1.54, 1.807) is 18.9 Å². The van der Waals surface area contributed by atoms with Crippen LogP contribution < -0.4 is 5.32 Å². The average molecular weight is 189 g/mol. The first kappa shape index (κ1) is 8.68. The second-order valence-corrected chi connectivity index (χ2v) is 2.98. The second kappa shape index (κ2) is 3.87. The van der Waals surface area contributed by atoms with Gasteiger partial charge in [0, 0.05) is 18.0 Å². The van der Waals surface area contributed by atoms with Crippen LogP contribution in [0.1, 0.15) is 11.4 Å². The zero-order chi connectivity index (χ0) is 9.80. The molecular formula is C9H11N5. The van der Waals surface area contributed by atoms with E-state index >= 15 is 0 Å². The molecule has 0 amide bonds. The number of H-pyrrole nitrogens is 1. The maximum absolute atomic E-state index is 4.08. The average Bonchev–Trinajstić information content (AvgIpc) is 2.67. The lowest BCUT2D eigenvalue weighted by atomic mass is 10.4. The van der Waals surface area contributed by atoms with Crippen molar-refractivity contribution in [2.24, 2.45) is 0 Å². The fraction of sp³-hybridized carbons (Fsp3) is 0.222. The molecule has 0 aliphatic rings. The largest absolute Gasteiger partial charge is 0.364 e. The first-order valence-electron chi connectivity index (χ1n) is 4.34. The molecule has 0 spiro atoms. The third-order valence-electron chi connectivity index (χ3n) is 1.82. The Hall–Kier alpha value is -1.91. The summed E-state index contributed by atoms with van der Waals surface area (Å²) in [5.41, 5.74) is 1.98. The maximum Gasteiger partial charge on any atom is 0.129 e. The molecule has 0 aliphatic carbocycles. The number of nitrogens with zero attached hydrogens (tertiary/aromatic N) is 3. The summed E-state index contributed by atoms with van der Waals surface area (Å²) in [6, 6.07) is 1.90. The van der Waals surface area contributed by atoms with Crippen molar-refractivity contribution in [1.29, 1.82) is 0 Å². The van der Waals surface area contributed by atoms with Crippen LogP contribution in [0.3, 0.4) is 0 Å². The van der Waals surface area contributed by atoms with Crippen molar-refractivity contribution in [3.63, 3.8) is 0 Å². The minimum Gasteiger partial charge on any atom is -0.364 e. The van der Waals surface area contributed by atoms with Gasteiger partial charge in [-0.05, 0) is 6.92 Å². The van der Waals surface area contributed by atoms with Crippen molar-refractivity contribution in [3.8, 4) is 0 Å². The first-order chi connectivity index (χ1) is 6.84. The molecular weight excluding hydrogens is 178 g/mol. The Kier molecular flexibility index (Phi) is 2.40. The van der Waals surface area contributed by atoms with Crippen LogP contribution in [-0.4, -0.2) is 19.9 Å². The molecule has 2 rings (SSSR count). The lowest BCUT2D eigenvalue weighted by Crippen LogP contribution is -2.02. The highest BCUT2D eigenvalue weighted by Gasteiger charge is 1.96. The van der Waals surface area contributed by atoms with E-state index in [2.05, 4.69) is 25.3 Å². The van der Waals surface area contributed by atoms with Crippen molar-refractivity contribution >= 4 is 5.82 Å². The molecule has 2 aromatic rings. The molecule has 2 heterocycles. The molecule has 0 radical (unpaired) electrons. The van der Waals surface area contributed by atoms with Crippen molar-refractivity contribution in [2.75, 3.05) is 5.32 Å². The van der Waals surface area contributed by atoms with Crippen LogP contribution in [0, 0.1) is 6.92 Å². The molecule has 2 N–H and O–H groups in total. The predicted molar refractivity (Wildman–Crippen MR) is 52.7 cm³/mol. The SMILES string of the molecule is Cc1cc(NCc2cnc[nH]2)ncn1. The third kappa shape index (κ3) is 2.07. The molecule has 0 fully saturated rings. The van der Waals surface area contributed by atoms with Gasteiger partial charge in [0.2, 0.25) is 0 Å². The number of nitrogens with one attached hydrogen (secondary N) is 2. The molecule has 14 heavy (non-hydrogen) atoms. The number of aromatic amines is 1. The normalized spacial score (nSPS) is 10.1. The number of rotatable bonds is 3. The highest BCUT2D eigenvalue weighted by atomic mass is 15.0. The highest BCUT2D eigenvalue weighted by molar-refractivity contribution is 5.34. The lowest BCUT2D eigenvalue weighted by Gasteiger charge is -2.03. The van der Waals surface area contributed by atoms with Gasteiger partial charge in [0.05, 0.1) is 18.6 Å². The number of hydrogen-bond donors (Lipinski definition) is 2. The number of imidazole rings is 1. The minimum atomic E-state index is 0.691. The van der Waals surface area contributed by atoms with E-state index in [1.165, 1.54) is 0 Å². The van der Waals surface area contributed by atoms with Gasteiger partial charge < -0.3 is 10.3 Å². The Balaban J connectivity index is 1.98. The van der Waals surface area contributed by atoms with Gasteiger partial charge in [0.15, 0.2) is 0 Å². The van der Waals surface area contributed by atoms with Gasteiger partial charge in [-0.2, -0.15) is 0 Å². The van der Waals surface area contributed by atoms with Crippen molar-refractivity contribution in [3.05, 3.63) is 36.3 Å². The van der Waals surface area contributed by atoms with Crippen LogP contribution in [0.4, 0.5) is 5.82 Å². The monoisotopic (exact) mass is 189 g/mol. The van der Waals surface area contributed by atoms with E-state index in [-0.39, 0.29) is 0 Å². The summed E-state index contributed by atoms with van der Waals surface area (Å²) in [5, 5.41) is 3.17. The molecule has 0 aliphatic heterocycles. The Morgan fingerprint density at radius 3 is 3.07 bits per heavy atom. The molecule has 0 saturated carbocycles. The van der Waals surface area contributed by atoms with Crippen LogP contribution in [-0.2, 0) is 6.54 Å². The molecule has 5 heteroatoms. The van der Waals surface area contributed by atoms with Gasteiger partial charge in [-0.15, -0.1) is 0 Å². The van der Waals surface area contributed by atoms with Crippen LogP contribution >= 0.6 is 0 Å². The van der Waals surface area contributed by atoms with E-state index in [0.29, 0.717) is 6.54 Å². The van der Waals surface area contributed by atoms with Crippen molar-refractivity contribution in [1.82, 2.24) is 19.9 Å². The third-order valence-corrected chi connectivity index (χ3v) is 1.82. The van der Waals surface area contributed by atoms with Gasteiger partial charge in [0.1, 0.15) is 12.1 Å². The van der Waals surface area contributed by atoms with Crippen molar-refractivity contribution in [2.45, 2.75) is 13.5 Å². The summed E-state index contributed by atoms with van der Waals surface area (Å²) >= 11 is 0. The van der Waals surface area contributed by atoms with Gasteiger partial charge in [-0.1, -0.05) is 0 Å². The fourth-order valence-electron chi connectivity index (χ4n) is 1.12. The van der Waals surface area contributed by atoms with E-state index in [1.807, 2.05) is 13.0 Å². The highest BCUT2D eigenvalue weighted by Crippen LogP contribution is 2.04. The second-order valence-electron chi connectivity index (χ2n) is 2.98. The number of aryl methyl sites for hydroxylation is 1. The zero-order valence-electron chi connectivity index (χ0n) is 7.86. The van der Waals surface area contributed by atoms with E-state index in [4.69, 9.17) is 0 Å². The topological polar surface area (TPSA) is 66.5 Å². The number of hydrogen-bond acceptors (Lipinski definition) is 4. The predicted octanol–water partition coefficient (Wildman–Crippen LogP) is 1.12. The van der Waals surface area contributed by atoms with Gasteiger partial charge in [-0.3, -0.25) is 0 Å². The Labute approximate surface area is 81.6 Å². The van der Waals surface area contributed by atoms with E-state index in [0.717, 1.165) is 17.2 Å². The standard InChI is InChI=1S/C9H11N5/c1-7-2-9(14-6-12-7)11-4-8-3-10-5-13-8/h2-3,5-6H,4H2,1H3,(H,10,13)(H,11,12,14).